The lowest BCUT2D eigenvalue weighted by Crippen LogP contribution is -2.15. The van der Waals surface area contributed by atoms with Gasteiger partial charge in [-0.25, -0.2) is 0 Å². The van der Waals surface area contributed by atoms with Crippen LogP contribution in [0.15, 0.2) is 4.52 Å². The minimum atomic E-state index is 0.200. The van der Waals surface area contributed by atoms with Gasteiger partial charge in [-0.2, -0.15) is 0 Å². The van der Waals surface area contributed by atoms with Crippen LogP contribution in [0.5, 0.6) is 0 Å². The third-order valence-corrected chi connectivity index (χ3v) is 1.37. The second kappa shape index (κ2) is 4.77. The Morgan fingerprint density at radius 3 is 2.88 bits per heavy atom. The van der Waals surface area contributed by atoms with E-state index < -0.39 is 0 Å². The zero-order valence-corrected chi connectivity index (χ0v) is 5.64. The Balaban J connectivity index is 3.23. The molecule has 46 valence electrons. The van der Waals surface area contributed by atoms with Gasteiger partial charge in [0.15, 0.2) is 0 Å². The summed E-state index contributed by atoms with van der Waals surface area (Å²) < 4.78 is 3.28. The van der Waals surface area contributed by atoms with E-state index in [1.807, 2.05) is 14.0 Å². The molecule has 0 aromatic heterocycles. The van der Waals surface area contributed by atoms with Gasteiger partial charge in [0.25, 0.3) is 0 Å². The Morgan fingerprint density at radius 1 is 1.88 bits per heavy atom. The van der Waals surface area contributed by atoms with E-state index in [0.29, 0.717) is 0 Å². The third kappa shape index (κ3) is 3.80. The minimum Gasteiger partial charge on any atom is -0.308 e. The summed E-state index contributed by atoms with van der Waals surface area (Å²) in [7, 11) is 1.81. The zero-order valence-electron chi connectivity index (χ0n) is 4.83. The van der Waals surface area contributed by atoms with Crippen molar-refractivity contribution in [2.75, 3.05) is 7.05 Å². The second-order valence-electron chi connectivity index (χ2n) is 1.21. The topological polar surface area (TPSA) is 60.8 Å². The van der Waals surface area contributed by atoms with Crippen LogP contribution in [-0.2, 0) is 0 Å². The van der Waals surface area contributed by atoms with Gasteiger partial charge in [-0.05, 0) is 36.0 Å². The molecule has 5 heteroatoms. The Morgan fingerprint density at radius 2 is 2.50 bits per heavy atom. The first-order valence-corrected chi connectivity index (χ1v) is 3.02. The molecule has 1 atom stereocenters. The van der Waals surface area contributed by atoms with Crippen molar-refractivity contribution in [2.45, 2.75) is 12.3 Å². The highest BCUT2D eigenvalue weighted by molar-refractivity contribution is 7.98. The first-order valence-electron chi connectivity index (χ1n) is 2.18. The molecule has 4 nitrogen and oxygen atoms in total. The fourth-order valence-corrected chi connectivity index (χ4v) is 0.433. The molecule has 0 aromatic carbocycles. The lowest BCUT2D eigenvalue weighted by Gasteiger charge is -2.01. The molecule has 0 bridgehead atoms. The third-order valence-electron chi connectivity index (χ3n) is 0.648. The van der Waals surface area contributed by atoms with E-state index in [1.165, 1.54) is 11.9 Å². The van der Waals surface area contributed by atoms with Crippen LogP contribution >= 0.6 is 11.9 Å². The highest BCUT2D eigenvalue weighted by atomic mass is 32.2. The molecule has 0 radical (unpaired) electrons. The second-order valence-corrected chi connectivity index (χ2v) is 2.29. The number of hydrogen-bond acceptors (Lipinski definition) is 3. The predicted molar refractivity (Wildman–Crippen MR) is 35.3 cm³/mol. The summed E-state index contributed by atoms with van der Waals surface area (Å²) in [5.41, 5.74) is 7.82. The van der Waals surface area contributed by atoms with Crippen molar-refractivity contribution in [3.63, 3.8) is 0 Å². The van der Waals surface area contributed by atoms with Crippen molar-refractivity contribution in [1.29, 1.82) is 0 Å². The predicted octanol–water partition coefficient (Wildman–Crippen LogP) is 1.51. The van der Waals surface area contributed by atoms with Gasteiger partial charge in [0, 0.05) is 4.91 Å². The molecule has 0 aliphatic carbocycles. The first kappa shape index (κ1) is 7.62. The maximum Gasteiger partial charge on any atom is 0.0573 e. The molecule has 0 aliphatic rings. The lowest BCUT2D eigenvalue weighted by molar-refractivity contribution is 0.807. The molecule has 8 heavy (non-hydrogen) atoms. The summed E-state index contributed by atoms with van der Waals surface area (Å²) in [6, 6.07) is 0. The molecule has 0 aromatic rings. The molecule has 0 saturated heterocycles. The van der Waals surface area contributed by atoms with E-state index in [0.717, 1.165) is 0 Å². The molecule has 0 saturated carbocycles. The molecular formula is C3H8N4S. The summed E-state index contributed by atoms with van der Waals surface area (Å²) >= 11 is 1.17. The van der Waals surface area contributed by atoms with Crippen LogP contribution in [0.4, 0.5) is 0 Å². The lowest BCUT2D eigenvalue weighted by atomic mass is 10.8. The van der Waals surface area contributed by atoms with Crippen molar-refractivity contribution in [3.05, 3.63) is 10.4 Å². The summed E-state index contributed by atoms with van der Waals surface area (Å²) in [5.74, 6) is 0. The largest absolute Gasteiger partial charge is 0.308 e. The Kier molecular flexibility index (Phi) is 4.54. The molecule has 1 N–H and O–H groups in total. The van der Waals surface area contributed by atoms with E-state index in [4.69, 9.17) is 5.53 Å². The quantitative estimate of drug-likeness (QED) is 0.208. The van der Waals surface area contributed by atoms with Crippen molar-refractivity contribution in [3.8, 4) is 0 Å². The average molecular weight is 132 g/mol. The van der Waals surface area contributed by atoms with Crippen LogP contribution < -0.4 is 5.32 Å². The van der Waals surface area contributed by atoms with E-state index >= 15 is 0 Å². The smallest absolute Gasteiger partial charge is 0.0573 e. The maximum atomic E-state index is 7.82. The van der Waals surface area contributed by atoms with Gasteiger partial charge in [-0.15, -0.1) is 0 Å². The maximum absolute atomic E-state index is 7.82. The molecule has 0 fully saturated rings. The summed E-state index contributed by atoms with van der Waals surface area (Å²) in [6.07, 6.45) is 0. The van der Waals surface area contributed by atoms with Gasteiger partial charge in [-0.1, -0.05) is 0 Å². The molecule has 0 heterocycles. The average Bonchev–Trinajstić information content (AvgIpc) is 1.83. The summed E-state index contributed by atoms with van der Waals surface area (Å²) in [5, 5.41) is 3.10. The zero-order chi connectivity index (χ0) is 6.41. The molecular weight excluding hydrogens is 124 g/mol. The molecule has 0 spiro atoms. The van der Waals surface area contributed by atoms with E-state index in [-0.39, 0.29) is 5.37 Å². The number of nitrogens with one attached hydrogen (secondary N) is 1. The Hall–Kier alpha value is -0.380. The molecule has 0 amide bonds. The van der Waals surface area contributed by atoms with Crippen molar-refractivity contribution < 1.29 is 0 Å². The van der Waals surface area contributed by atoms with Crippen molar-refractivity contribution >= 4 is 11.9 Å². The fraction of sp³-hybridized carbons (Fsp3) is 1.00. The fourth-order valence-electron chi connectivity index (χ4n) is 0.144. The van der Waals surface area contributed by atoms with Crippen molar-refractivity contribution in [2.24, 2.45) is 4.52 Å². The van der Waals surface area contributed by atoms with Crippen LogP contribution in [-0.4, -0.2) is 12.4 Å². The van der Waals surface area contributed by atoms with Gasteiger partial charge in [0.1, 0.15) is 0 Å². The number of hydrogen-bond donors (Lipinski definition) is 1. The van der Waals surface area contributed by atoms with E-state index in [1.54, 1.807) is 0 Å². The van der Waals surface area contributed by atoms with Crippen LogP contribution in [0.3, 0.4) is 0 Å². The molecule has 0 rings (SSSR count). The highest BCUT2D eigenvalue weighted by Gasteiger charge is 1.91. The number of rotatable bonds is 3. The first-order chi connectivity index (χ1) is 3.81. The molecule has 1 unspecified atom stereocenters. The van der Waals surface area contributed by atoms with Crippen LogP contribution in [0.1, 0.15) is 6.92 Å². The van der Waals surface area contributed by atoms with Gasteiger partial charge in [0.2, 0.25) is 0 Å². The van der Waals surface area contributed by atoms with Gasteiger partial charge < -0.3 is 5.32 Å². The van der Waals surface area contributed by atoms with Crippen LogP contribution in [0.2, 0.25) is 0 Å². The van der Waals surface area contributed by atoms with Gasteiger partial charge >= 0.3 is 0 Å². The van der Waals surface area contributed by atoms with Gasteiger partial charge in [-0.3, -0.25) is 0 Å². The number of azide groups is 1. The van der Waals surface area contributed by atoms with Crippen molar-refractivity contribution in [1.82, 2.24) is 5.32 Å². The molecule has 0 aliphatic heterocycles. The van der Waals surface area contributed by atoms with Gasteiger partial charge in [0.05, 0.1) is 5.37 Å². The van der Waals surface area contributed by atoms with Crippen LogP contribution in [0, 0.1) is 0 Å². The Labute approximate surface area is 52.4 Å². The van der Waals surface area contributed by atoms with Crippen LogP contribution in [0.25, 0.3) is 10.4 Å². The normalized spacial score (nSPS) is 12.2. The monoisotopic (exact) mass is 132 g/mol. The summed E-state index contributed by atoms with van der Waals surface area (Å²) in [6.45, 7) is 1.92. The standard InChI is InChI=1S/C3H8N4S/c1-3(5-2)8-7-6-4/h3,5H,1-2H3. The SMILES string of the molecule is CNC(C)SN=[N+]=[N-]. The Bertz CT molecular complexity index is 97.5. The van der Waals surface area contributed by atoms with E-state index in [9.17, 15) is 0 Å². The summed E-state index contributed by atoms with van der Waals surface area (Å²) in [4.78, 5) is 2.57. The highest BCUT2D eigenvalue weighted by Crippen LogP contribution is 2.06. The van der Waals surface area contributed by atoms with E-state index in [2.05, 4.69) is 14.7 Å². The minimum absolute atomic E-state index is 0.200. The number of nitrogens with zero attached hydrogens (tertiary/aromatic N) is 3.